The molecular weight excluding hydrogens is 595 g/mol. The van der Waals surface area contributed by atoms with Gasteiger partial charge in [-0.25, -0.2) is 4.57 Å². The lowest BCUT2D eigenvalue weighted by Crippen LogP contribution is -2.29. The Morgan fingerprint density at radius 2 is 1.31 bits per heavy atom. The first-order valence-electron chi connectivity index (χ1n) is 16.5. The SMILES string of the molecule is CC[C@H](O)/C=C/C=C\C/C=C\C/C=C\C/C=C\CCCC(=O)OC[C@H](COP(=O)(O)O)OC(=O)CCCCCCCCC(C)C. The molecule has 0 aromatic heterocycles. The summed E-state index contributed by atoms with van der Waals surface area (Å²) >= 11 is 0. The van der Waals surface area contributed by atoms with Crippen LogP contribution >= 0.6 is 7.82 Å². The van der Waals surface area contributed by atoms with Gasteiger partial charge in [-0.3, -0.25) is 14.1 Å². The summed E-state index contributed by atoms with van der Waals surface area (Å²) in [6.45, 7) is 5.48. The minimum Gasteiger partial charge on any atom is -0.462 e. The number of aliphatic hydroxyl groups excluding tert-OH is 1. The van der Waals surface area contributed by atoms with Gasteiger partial charge in [-0.1, -0.05) is 120 Å². The summed E-state index contributed by atoms with van der Waals surface area (Å²) in [6, 6.07) is 0. The second-order valence-electron chi connectivity index (χ2n) is 11.4. The Balaban J connectivity index is 4.16. The molecule has 0 bridgehead atoms. The largest absolute Gasteiger partial charge is 0.469 e. The van der Waals surface area contributed by atoms with E-state index in [0.717, 1.165) is 44.4 Å². The van der Waals surface area contributed by atoms with Gasteiger partial charge in [-0.2, -0.15) is 0 Å². The van der Waals surface area contributed by atoms with Crippen molar-refractivity contribution in [3.63, 3.8) is 0 Å². The van der Waals surface area contributed by atoms with E-state index < -0.39 is 32.5 Å². The van der Waals surface area contributed by atoms with Crippen molar-refractivity contribution in [1.29, 1.82) is 0 Å². The van der Waals surface area contributed by atoms with Crippen molar-refractivity contribution in [1.82, 2.24) is 0 Å². The fraction of sp³-hybridized carbons (Fsp3) is 0.657. The molecule has 0 heterocycles. The minimum absolute atomic E-state index is 0.172. The highest BCUT2D eigenvalue weighted by molar-refractivity contribution is 7.46. The first-order chi connectivity index (χ1) is 21.5. The van der Waals surface area contributed by atoms with Crippen LogP contribution in [0.5, 0.6) is 0 Å². The van der Waals surface area contributed by atoms with Crippen LogP contribution in [0.1, 0.15) is 117 Å². The Bertz CT molecular complexity index is 947. The van der Waals surface area contributed by atoms with Crippen molar-refractivity contribution in [3.05, 3.63) is 60.8 Å². The normalized spacial score (nSPS) is 14.1. The molecule has 0 aromatic rings. The molecule has 3 N–H and O–H groups in total. The number of ether oxygens (including phenoxy) is 2. The summed E-state index contributed by atoms with van der Waals surface area (Å²) in [4.78, 5) is 42.4. The van der Waals surface area contributed by atoms with E-state index in [0.29, 0.717) is 25.7 Å². The lowest BCUT2D eigenvalue weighted by Gasteiger charge is -2.18. The molecule has 0 rings (SSSR count). The minimum atomic E-state index is -4.76. The number of rotatable bonds is 28. The maximum Gasteiger partial charge on any atom is 0.469 e. The Hall–Kier alpha value is -2.29. The van der Waals surface area contributed by atoms with Crippen molar-refractivity contribution < 1.29 is 43.0 Å². The average Bonchev–Trinajstić information content (AvgIpc) is 2.98. The molecule has 0 spiro atoms. The van der Waals surface area contributed by atoms with Crippen LogP contribution in [0.15, 0.2) is 60.8 Å². The Morgan fingerprint density at radius 1 is 0.733 bits per heavy atom. The zero-order valence-corrected chi connectivity index (χ0v) is 28.7. The summed E-state index contributed by atoms with van der Waals surface area (Å²) in [5.41, 5.74) is 0. The van der Waals surface area contributed by atoms with E-state index in [4.69, 9.17) is 19.3 Å². The van der Waals surface area contributed by atoms with E-state index >= 15 is 0 Å². The maximum absolute atomic E-state index is 12.2. The van der Waals surface area contributed by atoms with E-state index in [1.54, 1.807) is 6.08 Å². The first kappa shape index (κ1) is 42.7. The van der Waals surface area contributed by atoms with Crippen LogP contribution in [0.25, 0.3) is 0 Å². The highest BCUT2D eigenvalue weighted by atomic mass is 31.2. The van der Waals surface area contributed by atoms with Crippen LogP contribution in [-0.4, -0.2) is 52.3 Å². The fourth-order valence-corrected chi connectivity index (χ4v) is 4.37. The summed E-state index contributed by atoms with van der Waals surface area (Å²) in [5, 5.41) is 9.43. The van der Waals surface area contributed by atoms with E-state index in [2.05, 4.69) is 42.7 Å². The first-order valence-corrected chi connectivity index (χ1v) is 18.1. The van der Waals surface area contributed by atoms with Crippen LogP contribution in [0.4, 0.5) is 0 Å². The third-order valence-corrected chi connectivity index (χ3v) is 7.12. The number of hydrogen-bond acceptors (Lipinski definition) is 7. The van der Waals surface area contributed by atoms with Crippen molar-refractivity contribution in [3.8, 4) is 0 Å². The molecule has 10 heteroatoms. The smallest absolute Gasteiger partial charge is 0.462 e. The summed E-state index contributed by atoms with van der Waals surface area (Å²) in [5.74, 6) is -0.267. The van der Waals surface area contributed by atoms with Gasteiger partial charge < -0.3 is 24.4 Å². The Labute approximate surface area is 271 Å². The third-order valence-electron chi connectivity index (χ3n) is 6.64. The zero-order chi connectivity index (χ0) is 33.6. The second-order valence-corrected chi connectivity index (χ2v) is 12.7. The number of allylic oxidation sites excluding steroid dienone is 9. The average molecular weight is 655 g/mol. The van der Waals surface area contributed by atoms with Gasteiger partial charge in [-0.05, 0) is 50.9 Å². The van der Waals surface area contributed by atoms with Crippen LogP contribution in [0.3, 0.4) is 0 Å². The van der Waals surface area contributed by atoms with Gasteiger partial charge in [0.1, 0.15) is 6.61 Å². The number of phosphoric acid groups is 1. The number of carbonyl (C=O) groups excluding carboxylic acids is 2. The van der Waals surface area contributed by atoms with Gasteiger partial charge in [-0.15, -0.1) is 0 Å². The van der Waals surface area contributed by atoms with Gasteiger partial charge in [0.25, 0.3) is 0 Å². The molecule has 0 aliphatic rings. The van der Waals surface area contributed by atoms with Crippen LogP contribution in [0, 0.1) is 5.92 Å². The lowest BCUT2D eigenvalue weighted by atomic mass is 10.0. The molecular formula is C35H59O9P. The summed E-state index contributed by atoms with van der Waals surface area (Å²) in [6.07, 6.45) is 30.8. The Kier molecular flexibility index (Phi) is 27.7. The molecule has 45 heavy (non-hydrogen) atoms. The van der Waals surface area contributed by atoms with E-state index in [1.807, 2.05) is 37.3 Å². The number of unbranched alkanes of at least 4 members (excludes halogenated alkanes) is 6. The number of carbonyl (C=O) groups is 2. The van der Waals surface area contributed by atoms with E-state index in [1.165, 1.54) is 19.3 Å². The standard InChI is InChI=1S/C35H59O9P/c1-4-32(36)26-22-18-13-11-9-7-5-6-8-10-12-14-19-23-27-34(37)42-29-33(30-43-45(39,40)41)44-35(38)28-24-20-16-15-17-21-25-31(2)3/h6-9,12-14,18,22,26,31-33,36H,4-5,10-11,15-17,19-21,23-25,27-30H2,1-3H3,(H2,39,40,41)/b8-6-,9-7-,14-12-,18-13-,26-22+/t32-,33+/m0/s1. The molecule has 0 fully saturated rings. The monoisotopic (exact) mass is 654 g/mol. The van der Waals surface area contributed by atoms with Gasteiger partial charge in [0, 0.05) is 12.8 Å². The van der Waals surface area contributed by atoms with Gasteiger partial charge >= 0.3 is 19.8 Å². The molecule has 0 aromatic carbocycles. The number of esters is 2. The quantitative estimate of drug-likeness (QED) is 0.0250. The molecule has 0 amide bonds. The summed E-state index contributed by atoms with van der Waals surface area (Å²) < 4.78 is 26.1. The highest BCUT2D eigenvalue weighted by Gasteiger charge is 2.22. The molecule has 0 radical (unpaired) electrons. The van der Waals surface area contributed by atoms with Gasteiger partial charge in [0.15, 0.2) is 6.10 Å². The van der Waals surface area contributed by atoms with E-state index in [-0.39, 0.29) is 25.6 Å². The van der Waals surface area contributed by atoms with Crippen LogP contribution < -0.4 is 0 Å². The number of phosphoric ester groups is 1. The molecule has 0 saturated carbocycles. The summed E-state index contributed by atoms with van der Waals surface area (Å²) in [7, 11) is -4.76. The van der Waals surface area contributed by atoms with Crippen LogP contribution in [0.2, 0.25) is 0 Å². The third kappa shape index (κ3) is 32.9. The van der Waals surface area contributed by atoms with Gasteiger partial charge in [0.2, 0.25) is 0 Å². The van der Waals surface area contributed by atoms with Crippen molar-refractivity contribution in [2.24, 2.45) is 5.92 Å². The molecule has 0 unspecified atom stereocenters. The molecule has 2 atom stereocenters. The lowest BCUT2D eigenvalue weighted by molar-refractivity contribution is -0.161. The molecule has 0 aliphatic carbocycles. The fourth-order valence-electron chi connectivity index (χ4n) is 4.01. The predicted molar refractivity (Wildman–Crippen MR) is 180 cm³/mol. The molecule has 9 nitrogen and oxygen atoms in total. The van der Waals surface area contributed by atoms with Crippen molar-refractivity contribution >= 4 is 19.8 Å². The van der Waals surface area contributed by atoms with Gasteiger partial charge in [0.05, 0.1) is 12.7 Å². The Morgan fingerprint density at radius 3 is 1.93 bits per heavy atom. The highest BCUT2D eigenvalue weighted by Crippen LogP contribution is 2.35. The number of hydrogen-bond donors (Lipinski definition) is 3. The molecule has 0 aliphatic heterocycles. The topological polar surface area (TPSA) is 140 Å². The zero-order valence-electron chi connectivity index (χ0n) is 27.8. The molecule has 0 saturated heterocycles. The second kappa shape index (κ2) is 29.1. The van der Waals surface area contributed by atoms with Crippen molar-refractivity contribution in [2.75, 3.05) is 13.2 Å². The predicted octanol–water partition coefficient (Wildman–Crippen LogP) is 8.22. The number of aliphatic hydroxyl groups is 1. The van der Waals surface area contributed by atoms with Crippen LogP contribution in [-0.2, 0) is 28.2 Å². The molecule has 258 valence electrons. The van der Waals surface area contributed by atoms with E-state index in [9.17, 15) is 19.3 Å². The maximum atomic E-state index is 12.2. The van der Waals surface area contributed by atoms with Crippen molar-refractivity contribution in [2.45, 2.75) is 129 Å².